The van der Waals surface area contributed by atoms with Crippen molar-refractivity contribution >= 4 is 40.5 Å². The number of anilines is 1. The second-order valence-corrected chi connectivity index (χ2v) is 5.85. The molecule has 0 saturated carbocycles. The van der Waals surface area contributed by atoms with Crippen LogP contribution in [0.2, 0.25) is 10.0 Å². The van der Waals surface area contributed by atoms with Gasteiger partial charge < -0.3 is 14.8 Å². The zero-order valence-electron chi connectivity index (χ0n) is 13.3. The van der Waals surface area contributed by atoms with Crippen LogP contribution in [0.15, 0.2) is 30.3 Å². The number of nitro groups is 1. The summed E-state index contributed by atoms with van der Waals surface area (Å²) in [6.07, 6.45) is 0. The minimum atomic E-state index is -0.554. The molecule has 2 aromatic rings. The number of benzene rings is 2. The first-order valence-electron chi connectivity index (χ1n) is 7.02. The fraction of sp³-hybridized carbons (Fsp3) is 0.188. The van der Waals surface area contributed by atoms with Gasteiger partial charge in [-0.1, -0.05) is 23.2 Å². The number of nitrogens with zero attached hydrogens (tertiary/aromatic N) is 1. The number of rotatable bonds is 6. The first-order valence-corrected chi connectivity index (χ1v) is 7.78. The molecule has 0 aromatic heterocycles. The highest BCUT2D eigenvalue weighted by atomic mass is 35.5. The van der Waals surface area contributed by atoms with E-state index in [2.05, 4.69) is 5.32 Å². The molecule has 9 heteroatoms. The number of methoxy groups -OCH3 is 1. The van der Waals surface area contributed by atoms with Crippen molar-refractivity contribution in [3.05, 3.63) is 56.1 Å². The maximum Gasteiger partial charge on any atom is 0.311 e. The summed E-state index contributed by atoms with van der Waals surface area (Å²) in [4.78, 5) is 22.5. The van der Waals surface area contributed by atoms with Crippen molar-refractivity contribution in [2.45, 2.75) is 6.92 Å². The lowest BCUT2D eigenvalue weighted by Gasteiger charge is -2.12. The lowest BCUT2D eigenvalue weighted by Crippen LogP contribution is -2.20. The Kier molecular flexibility index (Phi) is 6.06. The maximum absolute atomic E-state index is 12.1. The van der Waals surface area contributed by atoms with Crippen LogP contribution >= 0.6 is 23.2 Å². The SMILES string of the molecule is COc1cc(NC(=O)COc2cc(Cl)ccc2Cl)c(C)cc1[N+](=O)[O-]. The Balaban J connectivity index is 2.10. The average molecular weight is 385 g/mol. The van der Waals surface area contributed by atoms with Gasteiger partial charge in [-0.3, -0.25) is 14.9 Å². The quantitative estimate of drug-likeness (QED) is 0.594. The minimum Gasteiger partial charge on any atom is -0.490 e. The topological polar surface area (TPSA) is 90.7 Å². The van der Waals surface area contributed by atoms with Gasteiger partial charge in [-0.25, -0.2) is 0 Å². The van der Waals surface area contributed by atoms with E-state index in [4.69, 9.17) is 32.7 Å². The number of hydrogen-bond acceptors (Lipinski definition) is 5. The molecule has 1 N–H and O–H groups in total. The van der Waals surface area contributed by atoms with Crippen molar-refractivity contribution in [2.75, 3.05) is 19.0 Å². The maximum atomic E-state index is 12.1. The van der Waals surface area contributed by atoms with Crippen LogP contribution in [0.5, 0.6) is 11.5 Å². The van der Waals surface area contributed by atoms with Gasteiger partial charge in [0.25, 0.3) is 5.91 Å². The molecule has 0 bridgehead atoms. The van der Waals surface area contributed by atoms with Crippen molar-refractivity contribution in [2.24, 2.45) is 0 Å². The van der Waals surface area contributed by atoms with Gasteiger partial charge >= 0.3 is 5.69 Å². The van der Waals surface area contributed by atoms with Crippen LogP contribution in [0.4, 0.5) is 11.4 Å². The fourth-order valence-electron chi connectivity index (χ4n) is 2.03. The molecule has 2 aromatic carbocycles. The second-order valence-electron chi connectivity index (χ2n) is 5.01. The highest BCUT2D eigenvalue weighted by Gasteiger charge is 2.18. The van der Waals surface area contributed by atoms with Crippen LogP contribution in [0.25, 0.3) is 0 Å². The molecule has 25 heavy (non-hydrogen) atoms. The Morgan fingerprint density at radius 3 is 2.60 bits per heavy atom. The van der Waals surface area contributed by atoms with Crippen molar-refractivity contribution in [3.8, 4) is 11.5 Å². The fourth-order valence-corrected chi connectivity index (χ4v) is 2.37. The van der Waals surface area contributed by atoms with Gasteiger partial charge in [0.2, 0.25) is 0 Å². The van der Waals surface area contributed by atoms with Gasteiger partial charge in [-0.15, -0.1) is 0 Å². The molecule has 0 radical (unpaired) electrons. The molecule has 2 rings (SSSR count). The normalized spacial score (nSPS) is 10.2. The monoisotopic (exact) mass is 384 g/mol. The summed E-state index contributed by atoms with van der Waals surface area (Å²) in [5.74, 6) is -0.137. The first-order chi connectivity index (χ1) is 11.8. The molecular formula is C16H14Cl2N2O5. The number of hydrogen-bond donors (Lipinski definition) is 1. The second kappa shape index (κ2) is 8.04. The number of halogens is 2. The molecule has 1 amide bonds. The summed E-state index contributed by atoms with van der Waals surface area (Å²) < 4.78 is 10.3. The molecular weight excluding hydrogens is 371 g/mol. The highest BCUT2D eigenvalue weighted by Crippen LogP contribution is 2.33. The van der Waals surface area contributed by atoms with Crippen LogP contribution in [-0.2, 0) is 4.79 Å². The van der Waals surface area contributed by atoms with Gasteiger partial charge in [0, 0.05) is 28.9 Å². The lowest BCUT2D eigenvalue weighted by molar-refractivity contribution is -0.385. The van der Waals surface area contributed by atoms with Crippen LogP contribution < -0.4 is 14.8 Å². The minimum absolute atomic E-state index is 0.0460. The predicted molar refractivity (Wildman–Crippen MR) is 95.0 cm³/mol. The number of carbonyl (C=O) groups is 1. The smallest absolute Gasteiger partial charge is 0.311 e. The van der Waals surface area contributed by atoms with E-state index < -0.39 is 10.8 Å². The van der Waals surface area contributed by atoms with Crippen LogP contribution in [0.3, 0.4) is 0 Å². The lowest BCUT2D eigenvalue weighted by atomic mass is 10.1. The van der Waals surface area contributed by atoms with Crippen molar-refractivity contribution < 1.29 is 19.2 Å². The number of carbonyl (C=O) groups excluding carboxylic acids is 1. The molecule has 0 aliphatic carbocycles. The third-order valence-corrected chi connectivity index (χ3v) is 3.80. The van der Waals surface area contributed by atoms with E-state index in [1.165, 1.54) is 25.3 Å². The van der Waals surface area contributed by atoms with Crippen molar-refractivity contribution in [3.63, 3.8) is 0 Å². The van der Waals surface area contributed by atoms with E-state index in [0.717, 1.165) is 0 Å². The molecule has 0 fully saturated rings. The molecule has 0 saturated heterocycles. The first kappa shape index (κ1) is 18.8. The summed E-state index contributed by atoms with van der Waals surface area (Å²) in [6, 6.07) is 7.37. The highest BCUT2D eigenvalue weighted by molar-refractivity contribution is 6.34. The molecule has 0 heterocycles. The largest absolute Gasteiger partial charge is 0.490 e. The van der Waals surface area contributed by atoms with Crippen molar-refractivity contribution in [1.82, 2.24) is 0 Å². The van der Waals surface area contributed by atoms with Crippen LogP contribution in [0.1, 0.15) is 5.56 Å². The van der Waals surface area contributed by atoms with E-state index >= 15 is 0 Å². The Morgan fingerprint density at radius 2 is 1.96 bits per heavy atom. The van der Waals surface area contributed by atoms with E-state index in [0.29, 0.717) is 21.3 Å². The molecule has 132 valence electrons. The van der Waals surface area contributed by atoms with Gasteiger partial charge in [0.15, 0.2) is 12.4 Å². The molecule has 0 unspecified atom stereocenters. The Morgan fingerprint density at radius 1 is 1.24 bits per heavy atom. The Bertz CT molecular complexity index is 826. The average Bonchev–Trinajstić information content (AvgIpc) is 2.57. The zero-order chi connectivity index (χ0) is 18.6. The number of nitro benzene ring substituents is 1. The third kappa shape index (κ3) is 4.74. The number of aryl methyl sites for hydroxylation is 1. The third-order valence-electron chi connectivity index (χ3n) is 3.25. The summed E-state index contributed by atoms with van der Waals surface area (Å²) in [5.41, 5.74) is 0.717. The molecule has 0 aliphatic rings. The molecule has 0 atom stereocenters. The van der Waals surface area contributed by atoms with Crippen molar-refractivity contribution in [1.29, 1.82) is 0 Å². The predicted octanol–water partition coefficient (Wildman–Crippen LogP) is 4.24. The van der Waals surface area contributed by atoms with Gasteiger partial charge in [0.1, 0.15) is 5.75 Å². The zero-order valence-corrected chi connectivity index (χ0v) is 14.9. The van der Waals surface area contributed by atoms with E-state index in [9.17, 15) is 14.9 Å². The molecule has 7 nitrogen and oxygen atoms in total. The summed E-state index contributed by atoms with van der Waals surface area (Å²) in [6.45, 7) is 1.33. The number of nitrogens with one attached hydrogen (secondary N) is 1. The number of ether oxygens (including phenoxy) is 2. The Labute approximate surface area is 153 Å². The summed E-state index contributed by atoms with van der Waals surface area (Å²) in [5, 5.41) is 14.3. The standard InChI is InChI=1S/C16H14Cl2N2O5/c1-9-5-13(20(22)23)15(24-2)7-12(9)19-16(21)8-25-14-6-10(17)3-4-11(14)18/h3-7H,8H2,1-2H3,(H,19,21). The van der Waals surface area contributed by atoms with E-state index in [-0.39, 0.29) is 23.8 Å². The molecule has 0 spiro atoms. The van der Waals surface area contributed by atoms with Gasteiger partial charge in [0.05, 0.1) is 17.1 Å². The Hall–Kier alpha value is -2.51. The van der Waals surface area contributed by atoms with E-state index in [1.807, 2.05) is 0 Å². The summed E-state index contributed by atoms with van der Waals surface area (Å²) >= 11 is 11.8. The summed E-state index contributed by atoms with van der Waals surface area (Å²) in [7, 11) is 1.31. The molecule has 0 aliphatic heterocycles. The van der Waals surface area contributed by atoms with Gasteiger partial charge in [-0.05, 0) is 24.6 Å². The van der Waals surface area contributed by atoms with Crippen LogP contribution in [-0.4, -0.2) is 24.5 Å². The number of amides is 1. The van der Waals surface area contributed by atoms with E-state index in [1.54, 1.807) is 19.1 Å². The van der Waals surface area contributed by atoms with Gasteiger partial charge in [-0.2, -0.15) is 0 Å². The van der Waals surface area contributed by atoms with Crippen LogP contribution in [0, 0.1) is 17.0 Å².